The first-order valence-electron chi connectivity index (χ1n) is 12.0. The lowest BCUT2D eigenvalue weighted by Gasteiger charge is -2.28. The summed E-state index contributed by atoms with van der Waals surface area (Å²) in [4.78, 5) is 28.8. The zero-order valence-corrected chi connectivity index (χ0v) is 22.6. The van der Waals surface area contributed by atoms with Crippen LogP contribution in [0.25, 0.3) is 0 Å². The van der Waals surface area contributed by atoms with Gasteiger partial charge in [-0.3, -0.25) is 9.69 Å². The van der Waals surface area contributed by atoms with Crippen molar-refractivity contribution in [3.8, 4) is 0 Å². The van der Waals surface area contributed by atoms with Crippen molar-refractivity contribution in [1.29, 1.82) is 0 Å². The Morgan fingerprint density at radius 3 is 2.27 bits per heavy atom. The molecule has 0 saturated carbocycles. The molecule has 2 amide bonds. The Kier molecular flexibility index (Phi) is 8.24. The van der Waals surface area contributed by atoms with Gasteiger partial charge in [0.05, 0.1) is 6.54 Å². The standard InChI is InChI=1S/C27H33F3N2O4S/c1-16(2)15-37-20-11-12-21-17(13-20)14-32(24(34)36-25(3,4)5)22(21)23(33)31-19-9-7-18(8-10-19)26(6,35)27(28,29)30/h7-13,16,22,35H,14-15H2,1-6H3,(H,31,33). The van der Waals surface area contributed by atoms with Crippen LogP contribution in [0.2, 0.25) is 0 Å². The largest absolute Gasteiger partial charge is 0.444 e. The molecule has 0 saturated heterocycles. The molecular formula is C27H33F3N2O4S. The summed E-state index contributed by atoms with van der Waals surface area (Å²) in [6.07, 6.45) is -5.50. The highest BCUT2D eigenvalue weighted by Gasteiger charge is 2.51. The molecular weight excluding hydrogens is 505 g/mol. The average Bonchev–Trinajstić information content (AvgIpc) is 3.15. The van der Waals surface area contributed by atoms with E-state index in [2.05, 4.69) is 19.2 Å². The lowest BCUT2D eigenvalue weighted by atomic mass is 9.95. The van der Waals surface area contributed by atoms with Crippen LogP contribution >= 0.6 is 11.8 Å². The van der Waals surface area contributed by atoms with Crippen LogP contribution < -0.4 is 5.32 Å². The van der Waals surface area contributed by atoms with E-state index in [1.165, 1.54) is 17.0 Å². The number of nitrogens with one attached hydrogen (secondary N) is 1. The number of hydrogen-bond donors (Lipinski definition) is 2. The quantitative estimate of drug-likeness (QED) is 0.404. The molecule has 202 valence electrons. The van der Waals surface area contributed by atoms with E-state index in [1.54, 1.807) is 32.5 Å². The Balaban J connectivity index is 1.87. The van der Waals surface area contributed by atoms with Gasteiger partial charge in [0.15, 0.2) is 5.60 Å². The van der Waals surface area contributed by atoms with Crippen molar-refractivity contribution >= 4 is 29.4 Å². The monoisotopic (exact) mass is 538 g/mol. The maximum absolute atomic E-state index is 13.4. The second-order valence-corrected chi connectivity index (χ2v) is 11.8. The molecule has 10 heteroatoms. The molecule has 0 aromatic heterocycles. The minimum atomic E-state index is -4.86. The van der Waals surface area contributed by atoms with Gasteiger partial charge in [-0.2, -0.15) is 13.2 Å². The second kappa shape index (κ2) is 10.6. The van der Waals surface area contributed by atoms with Crippen molar-refractivity contribution < 1.29 is 32.6 Å². The fourth-order valence-electron chi connectivity index (χ4n) is 3.81. The number of halogens is 3. The first kappa shape index (κ1) is 28.8. The Morgan fingerprint density at radius 2 is 1.73 bits per heavy atom. The van der Waals surface area contributed by atoms with Crippen LogP contribution in [-0.4, -0.2) is 39.5 Å². The highest BCUT2D eigenvalue weighted by molar-refractivity contribution is 7.99. The molecule has 3 rings (SSSR count). The Hall–Kier alpha value is -2.72. The third-order valence-corrected chi connectivity index (χ3v) is 7.21. The minimum absolute atomic E-state index is 0.186. The SMILES string of the molecule is CC(C)CSc1ccc2c(c1)CN(C(=O)OC(C)(C)C)C2C(=O)Nc1ccc(C(C)(O)C(F)(F)F)cc1. The van der Waals surface area contributed by atoms with E-state index in [9.17, 15) is 27.9 Å². The van der Waals surface area contributed by atoms with Gasteiger partial charge in [0.25, 0.3) is 5.91 Å². The molecule has 2 N–H and O–H groups in total. The number of benzene rings is 2. The van der Waals surface area contributed by atoms with Gasteiger partial charge in [-0.1, -0.05) is 32.0 Å². The molecule has 1 aliphatic heterocycles. The number of alkyl halides is 3. The molecule has 2 unspecified atom stereocenters. The van der Waals surface area contributed by atoms with Crippen LogP contribution in [0, 0.1) is 5.92 Å². The predicted molar refractivity (Wildman–Crippen MR) is 137 cm³/mol. The van der Waals surface area contributed by atoms with Crippen LogP contribution in [0.15, 0.2) is 47.4 Å². The number of carbonyl (C=O) groups is 2. The lowest BCUT2D eigenvalue weighted by Crippen LogP contribution is -2.40. The number of thioether (sulfide) groups is 1. The molecule has 0 fully saturated rings. The molecule has 0 spiro atoms. The molecule has 6 nitrogen and oxygen atoms in total. The number of nitrogens with zero attached hydrogens (tertiary/aromatic N) is 1. The maximum atomic E-state index is 13.4. The van der Waals surface area contributed by atoms with Crippen LogP contribution in [0.1, 0.15) is 64.3 Å². The predicted octanol–water partition coefficient (Wildman–Crippen LogP) is 6.64. The van der Waals surface area contributed by atoms with E-state index in [0.717, 1.165) is 28.3 Å². The highest BCUT2D eigenvalue weighted by atomic mass is 32.2. The highest BCUT2D eigenvalue weighted by Crippen LogP contribution is 2.40. The number of fused-ring (bicyclic) bond motifs is 1. The summed E-state index contributed by atoms with van der Waals surface area (Å²) >= 11 is 1.70. The molecule has 0 aliphatic carbocycles. The van der Waals surface area contributed by atoms with Crippen LogP contribution in [0.5, 0.6) is 0 Å². The number of aliphatic hydroxyl groups is 1. The Labute approximate surface area is 219 Å². The summed E-state index contributed by atoms with van der Waals surface area (Å²) in [5.74, 6) is 0.902. The molecule has 1 aliphatic rings. The molecule has 2 aromatic rings. The smallest absolute Gasteiger partial charge is 0.421 e. The van der Waals surface area contributed by atoms with Crippen molar-refractivity contribution in [3.05, 3.63) is 59.2 Å². The van der Waals surface area contributed by atoms with E-state index in [-0.39, 0.29) is 17.8 Å². The van der Waals surface area contributed by atoms with Crippen LogP contribution in [0.3, 0.4) is 0 Å². The third-order valence-electron chi connectivity index (χ3n) is 5.79. The van der Waals surface area contributed by atoms with E-state index in [4.69, 9.17) is 4.74 Å². The summed E-state index contributed by atoms with van der Waals surface area (Å²) in [5.41, 5.74) is -2.43. The van der Waals surface area contributed by atoms with Gasteiger partial charge >= 0.3 is 12.3 Å². The number of ether oxygens (including phenoxy) is 1. The minimum Gasteiger partial charge on any atom is -0.444 e. The Bertz CT molecular complexity index is 1140. The summed E-state index contributed by atoms with van der Waals surface area (Å²) in [6.45, 7) is 10.3. The normalized spacial score (nSPS) is 17.4. The molecule has 1 heterocycles. The van der Waals surface area contributed by atoms with Crippen molar-refractivity contribution in [2.24, 2.45) is 5.92 Å². The molecule has 0 bridgehead atoms. The maximum Gasteiger partial charge on any atom is 0.421 e. The topological polar surface area (TPSA) is 78.9 Å². The zero-order chi connectivity index (χ0) is 27.8. The van der Waals surface area contributed by atoms with Crippen LogP contribution in [-0.2, 0) is 21.7 Å². The summed E-state index contributed by atoms with van der Waals surface area (Å²) in [5, 5.41) is 12.6. The van der Waals surface area contributed by atoms with Gasteiger partial charge in [0, 0.05) is 16.3 Å². The first-order chi connectivity index (χ1) is 17.0. The zero-order valence-electron chi connectivity index (χ0n) is 21.8. The lowest BCUT2D eigenvalue weighted by molar-refractivity contribution is -0.258. The van der Waals surface area contributed by atoms with Gasteiger partial charge in [0.2, 0.25) is 0 Å². The van der Waals surface area contributed by atoms with E-state index in [0.29, 0.717) is 18.4 Å². The van der Waals surface area contributed by atoms with Crippen molar-refractivity contribution in [3.63, 3.8) is 0 Å². The van der Waals surface area contributed by atoms with Crippen LogP contribution in [0.4, 0.5) is 23.7 Å². The number of anilines is 1. The number of rotatable bonds is 6. The Morgan fingerprint density at radius 1 is 1.11 bits per heavy atom. The summed E-state index contributed by atoms with van der Waals surface area (Å²) in [7, 11) is 0. The number of hydrogen-bond acceptors (Lipinski definition) is 5. The van der Waals surface area contributed by atoms with Crippen molar-refractivity contribution in [1.82, 2.24) is 4.90 Å². The molecule has 2 atom stereocenters. The fraction of sp³-hybridized carbons (Fsp3) is 0.481. The molecule has 37 heavy (non-hydrogen) atoms. The van der Waals surface area contributed by atoms with Gasteiger partial charge in [-0.05, 0) is 74.6 Å². The van der Waals surface area contributed by atoms with Crippen molar-refractivity contribution in [2.45, 2.75) is 76.4 Å². The van der Waals surface area contributed by atoms with Crippen molar-refractivity contribution in [2.75, 3.05) is 11.1 Å². The second-order valence-electron chi connectivity index (χ2n) is 10.7. The van der Waals surface area contributed by atoms with E-state index >= 15 is 0 Å². The van der Waals surface area contributed by atoms with Gasteiger partial charge in [0.1, 0.15) is 11.6 Å². The van der Waals surface area contributed by atoms with Gasteiger partial charge in [-0.15, -0.1) is 11.8 Å². The molecule has 2 aromatic carbocycles. The summed E-state index contributed by atoms with van der Waals surface area (Å²) < 4.78 is 45.0. The number of amides is 2. The summed E-state index contributed by atoms with van der Waals surface area (Å²) in [6, 6.07) is 9.52. The molecule has 0 radical (unpaired) electrons. The van der Waals surface area contributed by atoms with Gasteiger partial charge < -0.3 is 15.2 Å². The van der Waals surface area contributed by atoms with Gasteiger partial charge in [-0.25, -0.2) is 4.79 Å². The number of carbonyl (C=O) groups excluding carboxylic acids is 2. The average molecular weight is 539 g/mol. The fourth-order valence-corrected chi connectivity index (χ4v) is 4.72. The first-order valence-corrected chi connectivity index (χ1v) is 12.9. The third kappa shape index (κ3) is 6.78. The van der Waals surface area contributed by atoms with E-state index in [1.807, 2.05) is 18.2 Å². The van der Waals surface area contributed by atoms with E-state index < -0.39 is 35.4 Å².